The number of imidazole rings is 1. The molecule has 0 saturated heterocycles. The molecule has 0 aliphatic carbocycles. The molecule has 228 valence electrons. The van der Waals surface area contributed by atoms with Gasteiger partial charge in [0.2, 0.25) is 5.75 Å². The van der Waals surface area contributed by atoms with Gasteiger partial charge in [-0.3, -0.25) is 4.98 Å². The van der Waals surface area contributed by atoms with Gasteiger partial charge in [0.05, 0.1) is 11.5 Å². The summed E-state index contributed by atoms with van der Waals surface area (Å²) in [5.74, 6) is 3.72. The number of hydrogen-bond donors (Lipinski definition) is 0. The maximum Gasteiger partial charge on any atom is 2.00 e. The van der Waals surface area contributed by atoms with Gasteiger partial charge in [-0.2, -0.15) is 6.07 Å². The van der Waals surface area contributed by atoms with Gasteiger partial charge < -0.3 is 23.5 Å². The zero-order valence-corrected chi connectivity index (χ0v) is 27.2. The summed E-state index contributed by atoms with van der Waals surface area (Å²) in [6.07, 6.45) is 7.24. The van der Waals surface area contributed by atoms with Crippen molar-refractivity contribution in [1.82, 2.24) is 24.1 Å². The molecule has 9 rings (SSSR count). The molecule has 4 aromatic carbocycles. The third kappa shape index (κ3) is 4.77. The predicted octanol–water partition coefficient (Wildman–Crippen LogP) is 8.94. The Hall–Kier alpha value is -5.72. The third-order valence-electron chi connectivity index (χ3n) is 8.13. The van der Waals surface area contributed by atoms with Gasteiger partial charge in [0.15, 0.2) is 11.5 Å². The van der Waals surface area contributed by atoms with Crippen LogP contribution in [0, 0.1) is 12.1 Å². The largest absolute Gasteiger partial charge is 2.00 e. The van der Waals surface area contributed by atoms with E-state index in [1.807, 2.05) is 96.8 Å². The van der Waals surface area contributed by atoms with Crippen LogP contribution in [0.5, 0.6) is 23.1 Å². The quantitative estimate of drug-likeness (QED) is 0.162. The molecule has 0 bridgehead atoms. The minimum absolute atomic E-state index is 0. The second-order valence-electron chi connectivity index (χ2n) is 10.9. The molecule has 0 unspecified atom stereocenters. The Labute approximate surface area is 284 Å². The second-order valence-corrected chi connectivity index (χ2v) is 10.9. The first-order valence-electron chi connectivity index (χ1n) is 14.8. The number of fused-ring (bicyclic) bond motifs is 5. The summed E-state index contributed by atoms with van der Waals surface area (Å²) in [7, 11) is 1.97. The molecular formula is C38H24N6O2Pt. The Bertz CT molecular complexity index is 2420. The van der Waals surface area contributed by atoms with E-state index in [-0.39, 0.29) is 21.1 Å². The van der Waals surface area contributed by atoms with Crippen molar-refractivity contribution in [3.05, 3.63) is 140 Å². The van der Waals surface area contributed by atoms with Gasteiger partial charge in [-0.1, -0.05) is 47.6 Å². The molecule has 1 aliphatic heterocycles. The molecule has 8 nitrogen and oxygen atoms in total. The molecule has 0 saturated carbocycles. The topological polar surface area (TPSA) is 70.2 Å². The second kappa shape index (κ2) is 11.6. The van der Waals surface area contributed by atoms with Crippen LogP contribution in [0.4, 0.5) is 17.1 Å². The number of aromatic nitrogens is 5. The van der Waals surface area contributed by atoms with Crippen molar-refractivity contribution in [2.45, 2.75) is 0 Å². The van der Waals surface area contributed by atoms with Crippen molar-refractivity contribution < 1.29 is 30.5 Å². The summed E-state index contributed by atoms with van der Waals surface area (Å²) >= 11 is 0. The number of aryl methyl sites for hydroxylation is 1. The predicted molar refractivity (Wildman–Crippen MR) is 178 cm³/mol. The summed E-state index contributed by atoms with van der Waals surface area (Å²) in [5.41, 5.74) is 5.07. The smallest absolute Gasteiger partial charge is 0.445 e. The van der Waals surface area contributed by atoms with Crippen LogP contribution >= 0.6 is 0 Å². The van der Waals surface area contributed by atoms with Gasteiger partial charge in [-0.25, -0.2) is 9.97 Å². The molecule has 0 radical (unpaired) electrons. The van der Waals surface area contributed by atoms with Crippen LogP contribution < -0.4 is 14.4 Å². The summed E-state index contributed by atoms with van der Waals surface area (Å²) < 4.78 is 16.8. The van der Waals surface area contributed by atoms with E-state index in [9.17, 15) is 0 Å². The Balaban J connectivity index is 0.00000324. The fourth-order valence-electron chi connectivity index (χ4n) is 6.07. The first kappa shape index (κ1) is 28.7. The van der Waals surface area contributed by atoms with Crippen molar-refractivity contribution in [3.63, 3.8) is 0 Å². The number of ether oxygens (including phenoxy) is 2. The molecule has 0 atom stereocenters. The molecule has 47 heavy (non-hydrogen) atoms. The number of rotatable bonds is 5. The van der Waals surface area contributed by atoms with Crippen LogP contribution in [-0.4, -0.2) is 24.1 Å². The van der Waals surface area contributed by atoms with Gasteiger partial charge in [0.25, 0.3) is 5.88 Å². The molecular weight excluding hydrogens is 768 g/mol. The first-order chi connectivity index (χ1) is 22.7. The van der Waals surface area contributed by atoms with Crippen molar-refractivity contribution >= 4 is 38.9 Å². The number of benzene rings is 4. The minimum atomic E-state index is 0. The zero-order valence-electron chi connectivity index (χ0n) is 24.9. The maximum absolute atomic E-state index is 6.49. The van der Waals surface area contributed by atoms with E-state index in [4.69, 9.17) is 14.5 Å². The molecule has 9 heteroatoms. The van der Waals surface area contributed by atoms with E-state index < -0.39 is 0 Å². The SMILES string of the molecule is Cn1ccnc1-c1[c-]c(N(c2[c-]c3c(cc2)c2ccccc2n3-c2ccccn2)c2ccnc3c2Oc2ccccc2O3)ccc1.[Pt+2]. The van der Waals surface area contributed by atoms with E-state index in [1.165, 1.54) is 0 Å². The zero-order chi connectivity index (χ0) is 30.6. The molecule has 0 N–H and O–H groups in total. The summed E-state index contributed by atoms with van der Waals surface area (Å²) in [6.45, 7) is 0. The summed E-state index contributed by atoms with van der Waals surface area (Å²) in [6, 6.07) is 41.4. The van der Waals surface area contributed by atoms with Gasteiger partial charge >= 0.3 is 21.1 Å². The number of nitrogens with zero attached hydrogens (tertiary/aromatic N) is 6. The summed E-state index contributed by atoms with van der Waals surface area (Å²) in [4.78, 5) is 15.9. The number of pyridine rings is 2. The van der Waals surface area contributed by atoms with E-state index in [1.54, 1.807) is 12.4 Å². The van der Waals surface area contributed by atoms with E-state index in [2.05, 4.69) is 61.9 Å². The molecule has 0 fully saturated rings. The monoisotopic (exact) mass is 791 g/mol. The molecule has 4 aromatic heterocycles. The van der Waals surface area contributed by atoms with Gasteiger partial charge in [-0.15, -0.1) is 47.3 Å². The normalized spacial score (nSPS) is 11.7. The molecule has 0 amide bonds. The fourth-order valence-corrected chi connectivity index (χ4v) is 6.07. The fraction of sp³-hybridized carbons (Fsp3) is 0.0263. The van der Waals surface area contributed by atoms with Gasteiger partial charge in [0, 0.05) is 37.4 Å². The Morgan fingerprint density at radius 1 is 0.660 bits per heavy atom. The number of hydrogen-bond acceptors (Lipinski definition) is 6. The maximum atomic E-state index is 6.49. The molecule has 1 aliphatic rings. The van der Waals surface area contributed by atoms with E-state index in [0.717, 1.165) is 56.1 Å². The Kier molecular flexibility index (Phi) is 7.07. The van der Waals surface area contributed by atoms with Crippen molar-refractivity contribution in [3.8, 4) is 40.3 Å². The molecule has 8 aromatic rings. The average Bonchev–Trinajstić information content (AvgIpc) is 3.69. The molecule has 0 spiro atoms. The summed E-state index contributed by atoms with van der Waals surface area (Å²) in [5, 5.41) is 2.19. The standard InChI is InChI=1S/C38H24N6O2.Pt/c1-42-22-21-40-37(42)25-9-8-10-26(23-25)43(31-18-20-41-38-36(31)45-33-13-4-5-14-34(33)46-38)27-16-17-29-28-11-2-3-12-30(28)44(32(29)24-27)35-15-6-7-19-39-35;/h2-22H,1H3;/q-2;+2. The number of anilines is 3. The van der Waals surface area contributed by atoms with Crippen LogP contribution in [0.3, 0.4) is 0 Å². The van der Waals surface area contributed by atoms with Crippen LogP contribution in [0.25, 0.3) is 39.0 Å². The Morgan fingerprint density at radius 3 is 2.30 bits per heavy atom. The van der Waals surface area contributed by atoms with Crippen LogP contribution in [0.1, 0.15) is 0 Å². The first-order valence-corrected chi connectivity index (χ1v) is 14.8. The van der Waals surface area contributed by atoms with E-state index >= 15 is 0 Å². The van der Waals surface area contributed by atoms with Gasteiger partial charge in [0.1, 0.15) is 5.82 Å². The molecule has 5 heterocycles. The minimum Gasteiger partial charge on any atom is -0.445 e. The van der Waals surface area contributed by atoms with E-state index in [0.29, 0.717) is 23.1 Å². The average molecular weight is 792 g/mol. The van der Waals surface area contributed by atoms with Crippen molar-refractivity contribution in [1.29, 1.82) is 0 Å². The Morgan fingerprint density at radius 2 is 1.47 bits per heavy atom. The van der Waals surface area contributed by atoms with Crippen LogP contribution in [-0.2, 0) is 28.1 Å². The van der Waals surface area contributed by atoms with Crippen LogP contribution in [0.15, 0.2) is 128 Å². The number of para-hydroxylation sites is 3. The van der Waals surface area contributed by atoms with Crippen LogP contribution in [0.2, 0.25) is 0 Å². The van der Waals surface area contributed by atoms with Gasteiger partial charge in [-0.05, 0) is 47.5 Å². The van der Waals surface area contributed by atoms with Crippen molar-refractivity contribution in [2.24, 2.45) is 7.05 Å². The third-order valence-corrected chi connectivity index (χ3v) is 8.13. The van der Waals surface area contributed by atoms with Crippen molar-refractivity contribution in [2.75, 3.05) is 4.90 Å².